The maximum atomic E-state index is 11.5. The van der Waals surface area contributed by atoms with Crippen molar-refractivity contribution in [3.63, 3.8) is 0 Å². The summed E-state index contributed by atoms with van der Waals surface area (Å²) in [6.07, 6.45) is 10.9. The van der Waals surface area contributed by atoms with E-state index in [1.165, 1.54) is 0 Å². The molecule has 0 amide bonds. The number of nitrogens with two attached hydrogens (primary N) is 1. The number of aromatic amines is 2. The number of nitrogen functional groups attached to an aromatic ring is 1. The van der Waals surface area contributed by atoms with Crippen LogP contribution in [0.25, 0.3) is 33.4 Å². The highest BCUT2D eigenvalue weighted by Gasteiger charge is 2.32. The second-order valence-corrected chi connectivity index (χ2v) is 7.26. The van der Waals surface area contributed by atoms with Gasteiger partial charge in [0, 0.05) is 53.1 Å². The van der Waals surface area contributed by atoms with E-state index in [1.807, 2.05) is 25.4 Å². The molecular weight excluding hydrogens is 392 g/mol. The van der Waals surface area contributed by atoms with Crippen molar-refractivity contribution in [3.05, 3.63) is 72.7 Å². The van der Waals surface area contributed by atoms with Gasteiger partial charge in [0.25, 0.3) is 0 Å². The van der Waals surface area contributed by atoms with Crippen LogP contribution in [-0.2, 0) is 5.60 Å². The topological polar surface area (TPSA) is 142 Å². The number of pyridine rings is 2. The first-order chi connectivity index (χ1) is 15.1. The Balaban J connectivity index is 1.66. The molecule has 5 aromatic heterocycles. The predicted molar refractivity (Wildman–Crippen MR) is 117 cm³/mol. The highest BCUT2D eigenvalue weighted by molar-refractivity contribution is 5.95. The molecule has 31 heavy (non-hydrogen) atoms. The van der Waals surface area contributed by atoms with E-state index in [1.54, 1.807) is 43.0 Å². The maximum absolute atomic E-state index is 11.5. The zero-order valence-electron chi connectivity index (χ0n) is 16.7. The average molecular weight is 412 g/mol. The minimum absolute atomic E-state index is 0.0849. The molecule has 154 valence electrons. The first-order valence-electron chi connectivity index (χ1n) is 9.83. The van der Waals surface area contributed by atoms with Gasteiger partial charge in [0.1, 0.15) is 11.2 Å². The van der Waals surface area contributed by atoms with E-state index in [9.17, 15) is 5.11 Å². The monoisotopic (exact) mass is 412 g/mol. The highest BCUT2D eigenvalue weighted by Crippen LogP contribution is 2.35. The molecule has 5 heterocycles. The smallest absolute Gasteiger partial charge is 0.220 e. The lowest BCUT2D eigenvalue weighted by molar-refractivity contribution is 0.0719. The third-order valence-electron chi connectivity index (χ3n) is 5.48. The molecule has 0 aromatic carbocycles. The fourth-order valence-corrected chi connectivity index (χ4v) is 3.76. The average Bonchev–Trinajstić information content (AvgIpc) is 3.48. The van der Waals surface area contributed by atoms with Crippen LogP contribution in [0.2, 0.25) is 0 Å². The van der Waals surface area contributed by atoms with Gasteiger partial charge in [-0.2, -0.15) is 5.10 Å². The summed E-state index contributed by atoms with van der Waals surface area (Å²) in [4.78, 5) is 20.5. The lowest BCUT2D eigenvalue weighted by Gasteiger charge is -2.27. The fourth-order valence-electron chi connectivity index (χ4n) is 3.76. The van der Waals surface area contributed by atoms with Gasteiger partial charge in [0.15, 0.2) is 0 Å². The summed E-state index contributed by atoms with van der Waals surface area (Å²) in [7, 11) is 0. The molecule has 0 fully saturated rings. The number of nitrogens with one attached hydrogen (secondary N) is 2. The van der Waals surface area contributed by atoms with Gasteiger partial charge in [-0.1, -0.05) is 6.92 Å². The van der Waals surface area contributed by atoms with E-state index in [4.69, 9.17) is 5.73 Å². The number of anilines is 1. The van der Waals surface area contributed by atoms with Crippen molar-refractivity contribution in [3.8, 4) is 22.4 Å². The molecule has 0 aliphatic heterocycles. The molecule has 5 aromatic rings. The molecule has 5 N–H and O–H groups in total. The molecule has 5 rings (SSSR count). The van der Waals surface area contributed by atoms with Gasteiger partial charge >= 0.3 is 0 Å². The van der Waals surface area contributed by atoms with Crippen molar-refractivity contribution in [2.45, 2.75) is 18.9 Å². The molecule has 9 heteroatoms. The zero-order valence-corrected chi connectivity index (χ0v) is 16.7. The van der Waals surface area contributed by atoms with Gasteiger partial charge in [-0.15, -0.1) is 0 Å². The maximum Gasteiger partial charge on any atom is 0.220 e. The SMILES string of the molecule is CC[C@@](O)(c1ccncc1)c1cc(-c2c[nH]c3ncc(-c4cn[nH]c4)cc23)nc(N)n1. The van der Waals surface area contributed by atoms with Crippen molar-refractivity contribution < 1.29 is 5.11 Å². The van der Waals surface area contributed by atoms with E-state index in [2.05, 4.69) is 35.1 Å². The Hall–Kier alpha value is -4.11. The second-order valence-electron chi connectivity index (χ2n) is 7.26. The number of aromatic nitrogens is 7. The van der Waals surface area contributed by atoms with Crippen molar-refractivity contribution in [1.29, 1.82) is 0 Å². The first kappa shape index (κ1) is 18.9. The van der Waals surface area contributed by atoms with Gasteiger partial charge < -0.3 is 15.8 Å². The number of aliphatic hydroxyl groups is 1. The Morgan fingerprint density at radius 3 is 2.65 bits per heavy atom. The lowest BCUT2D eigenvalue weighted by atomic mass is 9.87. The van der Waals surface area contributed by atoms with Gasteiger partial charge in [0.05, 0.1) is 17.6 Å². The number of rotatable bonds is 5. The third kappa shape index (κ3) is 3.21. The van der Waals surface area contributed by atoms with Crippen LogP contribution in [0.1, 0.15) is 24.6 Å². The fraction of sp³-hybridized carbons (Fsp3) is 0.136. The zero-order chi connectivity index (χ0) is 21.4. The number of hydrogen-bond acceptors (Lipinski definition) is 7. The van der Waals surface area contributed by atoms with E-state index >= 15 is 0 Å². The minimum atomic E-state index is -1.32. The lowest BCUT2D eigenvalue weighted by Crippen LogP contribution is -2.28. The van der Waals surface area contributed by atoms with Crippen molar-refractivity contribution >= 4 is 17.0 Å². The van der Waals surface area contributed by atoms with Crippen molar-refractivity contribution in [2.24, 2.45) is 0 Å². The molecular formula is C22H20N8O. The number of fused-ring (bicyclic) bond motifs is 1. The van der Waals surface area contributed by atoms with Crippen molar-refractivity contribution in [2.75, 3.05) is 5.73 Å². The van der Waals surface area contributed by atoms with Crippen LogP contribution in [0.4, 0.5) is 5.95 Å². The Bertz CT molecular complexity index is 1350. The molecule has 0 spiro atoms. The Morgan fingerprint density at radius 2 is 1.90 bits per heavy atom. The molecule has 1 atom stereocenters. The Kier molecular flexibility index (Phi) is 4.45. The van der Waals surface area contributed by atoms with E-state index in [-0.39, 0.29) is 5.95 Å². The normalized spacial score (nSPS) is 13.4. The summed E-state index contributed by atoms with van der Waals surface area (Å²) >= 11 is 0. The largest absolute Gasteiger partial charge is 0.379 e. The molecule has 0 saturated carbocycles. The first-order valence-corrected chi connectivity index (χ1v) is 9.83. The molecule has 0 bridgehead atoms. The summed E-state index contributed by atoms with van der Waals surface area (Å²) in [5.74, 6) is 0.0849. The quantitative estimate of drug-likeness (QED) is 0.347. The van der Waals surface area contributed by atoms with Crippen LogP contribution in [0, 0.1) is 0 Å². The summed E-state index contributed by atoms with van der Waals surface area (Å²) in [6.45, 7) is 1.89. The van der Waals surface area contributed by atoms with Gasteiger partial charge in [-0.3, -0.25) is 10.1 Å². The minimum Gasteiger partial charge on any atom is -0.379 e. The molecule has 0 unspecified atom stereocenters. The number of hydrogen-bond donors (Lipinski definition) is 4. The van der Waals surface area contributed by atoms with Crippen LogP contribution in [0.5, 0.6) is 0 Å². The summed E-state index contributed by atoms with van der Waals surface area (Å²) in [6, 6.07) is 7.34. The van der Waals surface area contributed by atoms with Crippen LogP contribution in [0.15, 0.2) is 61.4 Å². The number of H-pyrrole nitrogens is 2. The van der Waals surface area contributed by atoms with E-state index in [0.717, 1.165) is 27.7 Å². The standard InChI is InChI=1S/C22H20N8O/c1-2-22(31,15-3-5-24-6-4-15)19-8-18(29-21(23)30-19)17-12-26-20-16(17)7-13(9-25-20)14-10-27-28-11-14/h3-12,31H,2H2,1H3,(H,25,26)(H,27,28)(H2,23,29,30)/t22-/m1/s1. The van der Waals surface area contributed by atoms with E-state index in [0.29, 0.717) is 23.4 Å². The molecule has 0 radical (unpaired) electrons. The molecule has 0 saturated heterocycles. The van der Waals surface area contributed by atoms with Crippen LogP contribution in [-0.4, -0.2) is 40.2 Å². The summed E-state index contributed by atoms with van der Waals surface area (Å²) in [5.41, 5.74) is 9.86. The third-order valence-corrected chi connectivity index (χ3v) is 5.48. The van der Waals surface area contributed by atoms with Gasteiger partial charge in [-0.05, 0) is 36.2 Å². The van der Waals surface area contributed by atoms with E-state index < -0.39 is 5.60 Å². The predicted octanol–water partition coefficient (Wildman–Crippen LogP) is 3.03. The Labute approximate surface area is 177 Å². The molecule has 9 nitrogen and oxygen atoms in total. The summed E-state index contributed by atoms with van der Waals surface area (Å²) in [5, 5.41) is 19.2. The van der Waals surface area contributed by atoms with Crippen LogP contribution in [0.3, 0.4) is 0 Å². The van der Waals surface area contributed by atoms with Crippen LogP contribution < -0.4 is 5.73 Å². The summed E-state index contributed by atoms with van der Waals surface area (Å²) < 4.78 is 0. The van der Waals surface area contributed by atoms with Crippen LogP contribution >= 0.6 is 0 Å². The molecule has 0 aliphatic carbocycles. The number of nitrogens with zero attached hydrogens (tertiary/aromatic N) is 5. The highest BCUT2D eigenvalue weighted by atomic mass is 16.3. The van der Waals surface area contributed by atoms with Gasteiger partial charge in [0.2, 0.25) is 5.95 Å². The molecule has 0 aliphatic rings. The van der Waals surface area contributed by atoms with Gasteiger partial charge in [-0.25, -0.2) is 15.0 Å². The second kappa shape index (κ2) is 7.29. The van der Waals surface area contributed by atoms with Crippen molar-refractivity contribution in [1.82, 2.24) is 35.1 Å². The Morgan fingerprint density at radius 1 is 1.06 bits per heavy atom.